The predicted octanol–water partition coefficient (Wildman–Crippen LogP) is 3.95. The monoisotopic (exact) mass is 339 g/mol. The summed E-state index contributed by atoms with van der Waals surface area (Å²) in [6.07, 6.45) is 3.71. The van der Waals surface area contributed by atoms with Gasteiger partial charge in [-0.15, -0.1) is 0 Å². The van der Waals surface area contributed by atoms with E-state index in [1.807, 2.05) is 12.1 Å². The van der Waals surface area contributed by atoms with Crippen LogP contribution in [0.5, 0.6) is 5.75 Å². The molecule has 2 N–H and O–H groups in total. The van der Waals surface area contributed by atoms with Crippen molar-refractivity contribution < 1.29 is 9.47 Å². The van der Waals surface area contributed by atoms with Gasteiger partial charge in [0.05, 0.1) is 12.2 Å². The van der Waals surface area contributed by atoms with Crippen LogP contribution in [-0.4, -0.2) is 17.8 Å². The van der Waals surface area contributed by atoms with E-state index >= 15 is 0 Å². The smallest absolute Gasteiger partial charge is 0.124 e. The third-order valence-corrected chi connectivity index (χ3v) is 5.24. The van der Waals surface area contributed by atoms with Gasteiger partial charge < -0.3 is 15.2 Å². The lowest BCUT2D eigenvalue weighted by molar-refractivity contribution is -0.151. The maximum Gasteiger partial charge on any atom is 0.124 e. The van der Waals surface area contributed by atoms with Gasteiger partial charge in [-0.1, -0.05) is 22.9 Å². The van der Waals surface area contributed by atoms with Crippen LogP contribution >= 0.6 is 15.9 Å². The SMILES string of the molecule is CCC1(C)CC2(CCO1)C[C@H](N)c1cc(Br)ccc1O2. The van der Waals surface area contributed by atoms with Crippen molar-refractivity contribution in [2.75, 3.05) is 6.61 Å². The van der Waals surface area contributed by atoms with Crippen molar-refractivity contribution in [3.05, 3.63) is 28.2 Å². The Morgan fingerprint density at radius 2 is 2.25 bits per heavy atom. The standard InChI is InChI=1S/C16H22BrNO2/c1-3-15(2)10-16(6-7-19-15)9-13(18)12-8-11(17)4-5-14(12)20-16/h4-5,8,13H,3,6-7,9-10,18H2,1-2H3/t13-,15?,16?/m0/s1. The van der Waals surface area contributed by atoms with Crippen molar-refractivity contribution in [1.82, 2.24) is 0 Å². The molecule has 4 heteroatoms. The fraction of sp³-hybridized carbons (Fsp3) is 0.625. The van der Waals surface area contributed by atoms with Crippen molar-refractivity contribution in [2.24, 2.45) is 5.73 Å². The second kappa shape index (κ2) is 5.00. The van der Waals surface area contributed by atoms with E-state index in [9.17, 15) is 0 Å². The Kier molecular flexibility index (Phi) is 3.59. The number of halogens is 1. The molecule has 1 aromatic rings. The molecule has 0 saturated carbocycles. The second-order valence-corrected chi connectivity index (χ2v) is 7.27. The summed E-state index contributed by atoms with van der Waals surface area (Å²) in [7, 11) is 0. The average molecular weight is 340 g/mol. The van der Waals surface area contributed by atoms with Gasteiger partial charge in [-0.05, 0) is 31.5 Å². The third-order valence-electron chi connectivity index (χ3n) is 4.74. The molecule has 0 aromatic heterocycles. The summed E-state index contributed by atoms with van der Waals surface area (Å²) >= 11 is 3.50. The lowest BCUT2D eigenvalue weighted by Gasteiger charge is -2.49. The van der Waals surface area contributed by atoms with Crippen LogP contribution in [0.25, 0.3) is 0 Å². The van der Waals surface area contributed by atoms with Gasteiger partial charge in [0.1, 0.15) is 11.4 Å². The molecule has 0 aliphatic carbocycles. The molecule has 3 nitrogen and oxygen atoms in total. The highest BCUT2D eigenvalue weighted by Crippen LogP contribution is 2.47. The van der Waals surface area contributed by atoms with E-state index in [4.69, 9.17) is 15.2 Å². The first-order valence-corrected chi connectivity index (χ1v) is 8.13. The molecule has 1 spiro atoms. The van der Waals surface area contributed by atoms with E-state index < -0.39 is 0 Å². The number of benzene rings is 1. The molecule has 3 rings (SSSR count). The van der Waals surface area contributed by atoms with Crippen molar-refractivity contribution >= 4 is 15.9 Å². The summed E-state index contributed by atoms with van der Waals surface area (Å²) in [4.78, 5) is 0. The Bertz CT molecular complexity index is 521. The third kappa shape index (κ3) is 2.49. The first-order chi connectivity index (χ1) is 9.45. The molecule has 2 heterocycles. The Morgan fingerprint density at radius 1 is 1.45 bits per heavy atom. The van der Waals surface area contributed by atoms with Crippen molar-refractivity contribution in [1.29, 1.82) is 0 Å². The van der Waals surface area contributed by atoms with Crippen LogP contribution in [0.15, 0.2) is 22.7 Å². The number of nitrogens with two attached hydrogens (primary N) is 1. The highest BCUT2D eigenvalue weighted by atomic mass is 79.9. The number of hydrogen-bond acceptors (Lipinski definition) is 3. The van der Waals surface area contributed by atoms with Crippen LogP contribution in [0.3, 0.4) is 0 Å². The van der Waals surface area contributed by atoms with Gasteiger partial charge in [0, 0.05) is 35.3 Å². The van der Waals surface area contributed by atoms with Gasteiger partial charge in [0.25, 0.3) is 0 Å². The van der Waals surface area contributed by atoms with E-state index in [1.54, 1.807) is 0 Å². The molecule has 0 amide bonds. The maximum absolute atomic E-state index is 6.41. The Balaban J connectivity index is 1.92. The lowest BCUT2D eigenvalue weighted by atomic mass is 9.75. The fourth-order valence-electron chi connectivity index (χ4n) is 3.48. The second-order valence-electron chi connectivity index (χ2n) is 6.36. The molecule has 2 unspecified atom stereocenters. The zero-order chi connectivity index (χ0) is 14.4. The summed E-state index contributed by atoms with van der Waals surface area (Å²) in [5, 5.41) is 0. The summed E-state index contributed by atoms with van der Waals surface area (Å²) in [5.74, 6) is 0.937. The average Bonchev–Trinajstić information content (AvgIpc) is 2.40. The molecular weight excluding hydrogens is 318 g/mol. The predicted molar refractivity (Wildman–Crippen MR) is 82.9 cm³/mol. The van der Waals surface area contributed by atoms with Crippen LogP contribution < -0.4 is 10.5 Å². The van der Waals surface area contributed by atoms with Crippen LogP contribution in [0.4, 0.5) is 0 Å². The van der Waals surface area contributed by atoms with Crippen LogP contribution in [0.1, 0.15) is 51.1 Å². The minimum Gasteiger partial charge on any atom is -0.487 e. The minimum atomic E-state index is -0.163. The molecule has 0 bridgehead atoms. The molecule has 1 aromatic carbocycles. The van der Waals surface area contributed by atoms with Gasteiger partial charge in [0.15, 0.2) is 0 Å². The number of fused-ring (bicyclic) bond motifs is 1. The minimum absolute atomic E-state index is 0.0375. The quantitative estimate of drug-likeness (QED) is 0.842. The zero-order valence-corrected chi connectivity index (χ0v) is 13.7. The van der Waals surface area contributed by atoms with Crippen molar-refractivity contribution in [3.8, 4) is 5.75 Å². The van der Waals surface area contributed by atoms with E-state index in [0.717, 1.165) is 48.1 Å². The molecular formula is C16H22BrNO2. The normalized spacial score (nSPS) is 36.5. The molecule has 2 aliphatic heterocycles. The van der Waals surface area contributed by atoms with Crippen LogP contribution in [0, 0.1) is 0 Å². The molecule has 0 radical (unpaired) electrons. The van der Waals surface area contributed by atoms with Crippen molar-refractivity contribution in [3.63, 3.8) is 0 Å². The summed E-state index contributed by atoms with van der Waals surface area (Å²) in [6, 6.07) is 6.16. The Morgan fingerprint density at radius 3 is 3.00 bits per heavy atom. The molecule has 110 valence electrons. The molecule has 1 saturated heterocycles. The largest absolute Gasteiger partial charge is 0.487 e. The zero-order valence-electron chi connectivity index (χ0n) is 12.1. The van der Waals surface area contributed by atoms with Gasteiger partial charge >= 0.3 is 0 Å². The first kappa shape index (κ1) is 14.4. The van der Waals surface area contributed by atoms with Crippen molar-refractivity contribution in [2.45, 2.75) is 56.8 Å². The summed E-state index contributed by atoms with van der Waals surface area (Å²) in [6.45, 7) is 5.11. The Labute approximate surface area is 129 Å². The summed E-state index contributed by atoms with van der Waals surface area (Å²) in [5.41, 5.74) is 7.26. The molecule has 20 heavy (non-hydrogen) atoms. The summed E-state index contributed by atoms with van der Waals surface area (Å²) < 4.78 is 13.4. The Hall–Kier alpha value is -0.580. The van der Waals surface area contributed by atoms with Crippen LogP contribution in [0.2, 0.25) is 0 Å². The van der Waals surface area contributed by atoms with E-state index in [2.05, 4.69) is 35.8 Å². The maximum atomic E-state index is 6.41. The lowest BCUT2D eigenvalue weighted by Crippen LogP contribution is -2.53. The molecule has 3 atom stereocenters. The number of ether oxygens (including phenoxy) is 2. The van der Waals surface area contributed by atoms with Gasteiger partial charge in [-0.3, -0.25) is 0 Å². The molecule has 1 fully saturated rings. The van der Waals surface area contributed by atoms with Gasteiger partial charge in [0.2, 0.25) is 0 Å². The first-order valence-electron chi connectivity index (χ1n) is 7.33. The molecule has 2 aliphatic rings. The van der Waals surface area contributed by atoms with Gasteiger partial charge in [-0.2, -0.15) is 0 Å². The number of rotatable bonds is 1. The van der Waals surface area contributed by atoms with E-state index in [-0.39, 0.29) is 17.2 Å². The van der Waals surface area contributed by atoms with E-state index in [1.165, 1.54) is 0 Å². The highest BCUT2D eigenvalue weighted by Gasteiger charge is 2.47. The fourth-order valence-corrected chi connectivity index (χ4v) is 3.86. The topological polar surface area (TPSA) is 44.5 Å². The number of hydrogen-bond donors (Lipinski definition) is 1. The van der Waals surface area contributed by atoms with Gasteiger partial charge in [-0.25, -0.2) is 0 Å². The van der Waals surface area contributed by atoms with E-state index in [0.29, 0.717) is 0 Å². The van der Waals surface area contributed by atoms with Crippen LogP contribution in [-0.2, 0) is 4.74 Å². The highest BCUT2D eigenvalue weighted by molar-refractivity contribution is 9.10.